The van der Waals surface area contributed by atoms with Crippen LogP contribution in [0.25, 0.3) is 0 Å². The largest absolute Gasteiger partial charge is 0.772 e. The highest BCUT2D eigenvalue weighted by Crippen LogP contribution is 2.41. The number of methoxy groups -OCH3 is 1. The SMILES string of the molecule is CCOc1cc([C@@H](C(C)S(=O)[O-])N2C(=O)c3cccc(NC(=O)CN4CCN(CCCCN5CCC(c6cc7c(cc6F)C(=O)N(C6CCC(=O)NC6=O)C7)CC5)CC4)c3C2=O)ccc1OC. The van der Waals surface area contributed by atoms with Crippen molar-refractivity contribution in [3.05, 3.63) is 87.7 Å². The fourth-order valence-electron chi connectivity index (χ4n) is 10.2. The average molecular weight is 943 g/mol. The quantitative estimate of drug-likeness (QED) is 0.113. The molecule has 3 saturated heterocycles. The first-order valence-electron chi connectivity index (χ1n) is 23.1. The molecule has 5 aliphatic rings. The number of likely N-dealkylation sites (tertiary alicyclic amines) is 1. The van der Waals surface area contributed by atoms with E-state index in [4.69, 9.17) is 9.47 Å². The Labute approximate surface area is 391 Å². The first kappa shape index (κ1) is 47.9. The molecule has 5 aliphatic heterocycles. The number of nitrogens with zero attached hydrogens (tertiary/aromatic N) is 5. The van der Waals surface area contributed by atoms with Crippen LogP contribution < -0.4 is 20.1 Å². The van der Waals surface area contributed by atoms with Gasteiger partial charge in [0.25, 0.3) is 17.7 Å². The van der Waals surface area contributed by atoms with Crippen molar-refractivity contribution in [2.75, 3.05) is 77.9 Å². The lowest BCUT2D eigenvalue weighted by atomic mass is 9.87. The number of hydrogen-bond donors (Lipinski definition) is 2. The Kier molecular flexibility index (Phi) is 14.8. The molecule has 0 radical (unpaired) electrons. The Balaban J connectivity index is 0.775. The van der Waals surface area contributed by atoms with Crippen molar-refractivity contribution in [2.24, 2.45) is 0 Å². The number of nitrogens with one attached hydrogen (secondary N) is 2. The second-order valence-electron chi connectivity index (χ2n) is 17.9. The highest BCUT2D eigenvalue weighted by Gasteiger charge is 2.45. The molecule has 6 amide bonds. The molecule has 0 aromatic heterocycles. The zero-order chi connectivity index (χ0) is 47.5. The molecule has 358 valence electrons. The number of piperidine rings is 2. The van der Waals surface area contributed by atoms with Crippen LogP contribution in [0, 0.1) is 5.82 Å². The summed E-state index contributed by atoms with van der Waals surface area (Å²) in [5.74, 6) is -2.52. The van der Waals surface area contributed by atoms with Gasteiger partial charge in [0.2, 0.25) is 17.7 Å². The van der Waals surface area contributed by atoms with E-state index in [2.05, 4.69) is 25.3 Å². The van der Waals surface area contributed by atoms with E-state index in [1.54, 1.807) is 43.3 Å². The number of carbonyl (C=O) groups is 6. The molecular weight excluding hydrogens is 886 g/mol. The number of fused-ring (bicyclic) bond motifs is 2. The number of carbonyl (C=O) groups excluding carboxylic acids is 6. The molecule has 8 rings (SSSR count). The standard InChI is InChI=1S/C48H58FN7O10S/c1-4-66-40-25-31(10-12-39(40)65-3)44(29(2)67(63)64)56-47(61)33-8-7-9-37(43(33)48(56)62)50-42(58)28-54-22-20-53(21-23-54)17-6-5-16-52-18-14-30(15-19-52)34-24-32-27-55(46(60)35(32)26-36(34)49)38-11-13-41(57)51-45(38)59/h7-10,12,24-26,29-30,38,44H,4-6,11,13-23,27-28H2,1-3H3,(H,50,58)(H,63,64)(H,51,57,59)/p-1/t29?,38?,44-/m1/s1. The lowest BCUT2D eigenvalue weighted by Crippen LogP contribution is -2.52. The van der Waals surface area contributed by atoms with E-state index in [-0.39, 0.29) is 71.9 Å². The van der Waals surface area contributed by atoms with Crippen LogP contribution in [0.1, 0.15) is 112 Å². The van der Waals surface area contributed by atoms with E-state index in [0.29, 0.717) is 42.3 Å². The molecule has 3 aromatic rings. The highest BCUT2D eigenvalue weighted by atomic mass is 32.2. The van der Waals surface area contributed by atoms with Crippen molar-refractivity contribution in [3.8, 4) is 11.5 Å². The predicted molar refractivity (Wildman–Crippen MR) is 244 cm³/mol. The first-order chi connectivity index (χ1) is 32.3. The van der Waals surface area contributed by atoms with E-state index in [1.807, 2.05) is 0 Å². The van der Waals surface area contributed by atoms with Gasteiger partial charge in [-0.15, -0.1) is 0 Å². The van der Waals surface area contributed by atoms with Gasteiger partial charge in [-0.3, -0.25) is 48.1 Å². The molecule has 2 N–H and O–H groups in total. The summed E-state index contributed by atoms with van der Waals surface area (Å²) in [6, 6.07) is 10.6. The van der Waals surface area contributed by atoms with Gasteiger partial charge in [0.15, 0.2) is 11.5 Å². The summed E-state index contributed by atoms with van der Waals surface area (Å²) in [7, 11) is 1.47. The zero-order valence-corrected chi connectivity index (χ0v) is 38.9. The molecule has 3 unspecified atom stereocenters. The molecule has 17 nitrogen and oxygen atoms in total. The van der Waals surface area contributed by atoms with E-state index in [1.165, 1.54) is 31.1 Å². The van der Waals surface area contributed by atoms with E-state index in [0.717, 1.165) is 75.4 Å². The molecular formula is C48H57FN7O10S-. The number of anilines is 1. The van der Waals surface area contributed by atoms with Crippen LogP contribution in [0.15, 0.2) is 48.5 Å². The molecule has 5 heterocycles. The highest BCUT2D eigenvalue weighted by molar-refractivity contribution is 7.79. The third-order valence-corrected chi connectivity index (χ3v) is 14.6. The number of halogens is 1. The van der Waals surface area contributed by atoms with Crippen LogP contribution in [0.5, 0.6) is 11.5 Å². The summed E-state index contributed by atoms with van der Waals surface area (Å²) < 4.78 is 51.3. The first-order valence-corrected chi connectivity index (χ1v) is 24.2. The molecule has 19 heteroatoms. The van der Waals surface area contributed by atoms with Crippen LogP contribution >= 0.6 is 0 Å². The summed E-state index contributed by atoms with van der Waals surface area (Å²) >= 11 is -2.66. The van der Waals surface area contributed by atoms with Crippen molar-refractivity contribution in [3.63, 3.8) is 0 Å². The van der Waals surface area contributed by atoms with Gasteiger partial charge < -0.3 is 34.0 Å². The second-order valence-corrected chi connectivity index (χ2v) is 19.1. The normalized spacial score (nSPS) is 21.0. The number of benzene rings is 3. The summed E-state index contributed by atoms with van der Waals surface area (Å²) in [6.45, 7) is 10.3. The molecule has 67 heavy (non-hydrogen) atoms. The van der Waals surface area contributed by atoms with Crippen LogP contribution in [0.3, 0.4) is 0 Å². The maximum atomic E-state index is 15.4. The Bertz CT molecular complexity index is 2460. The van der Waals surface area contributed by atoms with Crippen LogP contribution in [-0.2, 0) is 32.0 Å². The van der Waals surface area contributed by atoms with Crippen molar-refractivity contribution >= 4 is 52.2 Å². The van der Waals surface area contributed by atoms with Crippen LogP contribution in [0.4, 0.5) is 10.1 Å². The minimum atomic E-state index is -2.66. The second kappa shape index (κ2) is 20.7. The molecule has 0 bridgehead atoms. The average Bonchev–Trinajstić information content (AvgIpc) is 3.76. The minimum Gasteiger partial charge on any atom is -0.772 e. The Morgan fingerprint density at radius 2 is 1.58 bits per heavy atom. The van der Waals surface area contributed by atoms with Crippen molar-refractivity contribution in [1.82, 2.24) is 29.8 Å². The summed E-state index contributed by atoms with van der Waals surface area (Å²) in [6.07, 6.45) is 4.07. The lowest BCUT2D eigenvalue weighted by Gasteiger charge is -2.35. The maximum absolute atomic E-state index is 15.4. The van der Waals surface area contributed by atoms with Crippen molar-refractivity contribution in [1.29, 1.82) is 0 Å². The fourth-order valence-corrected chi connectivity index (χ4v) is 10.7. The van der Waals surface area contributed by atoms with Crippen LogP contribution in [-0.4, -0.2) is 153 Å². The third-order valence-electron chi connectivity index (χ3n) is 13.8. The molecule has 0 aliphatic carbocycles. The number of amides is 6. The van der Waals surface area contributed by atoms with E-state index >= 15 is 4.39 Å². The van der Waals surface area contributed by atoms with Gasteiger partial charge in [-0.05, 0) is 136 Å². The van der Waals surface area contributed by atoms with Gasteiger partial charge in [-0.2, -0.15) is 0 Å². The Morgan fingerprint density at radius 3 is 2.25 bits per heavy atom. The van der Waals surface area contributed by atoms with Gasteiger partial charge in [0.05, 0.1) is 43.1 Å². The number of hydrogen-bond acceptors (Lipinski definition) is 13. The summed E-state index contributed by atoms with van der Waals surface area (Å²) in [4.78, 5) is 87.9. The Morgan fingerprint density at radius 1 is 0.881 bits per heavy atom. The van der Waals surface area contributed by atoms with Gasteiger partial charge in [0.1, 0.15) is 11.9 Å². The van der Waals surface area contributed by atoms with E-state index in [9.17, 15) is 37.5 Å². The number of imide groups is 2. The van der Waals surface area contributed by atoms with Gasteiger partial charge >= 0.3 is 0 Å². The smallest absolute Gasteiger partial charge is 0.264 e. The number of rotatable bonds is 17. The number of unbranched alkanes of at least 4 members (excludes halogenated alkanes) is 1. The summed E-state index contributed by atoms with van der Waals surface area (Å²) in [5, 5.41) is 3.98. The fraction of sp³-hybridized carbons (Fsp3) is 0.500. The maximum Gasteiger partial charge on any atom is 0.264 e. The number of piperazine rings is 1. The van der Waals surface area contributed by atoms with Gasteiger partial charge in [0, 0.05) is 50.0 Å². The minimum absolute atomic E-state index is 0.00997. The van der Waals surface area contributed by atoms with Gasteiger partial charge in [-0.25, -0.2) is 4.39 Å². The summed E-state index contributed by atoms with van der Waals surface area (Å²) in [5.41, 5.74) is 2.26. The molecule has 4 atom stereocenters. The number of ether oxygens (including phenoxy) is 2. The monoisotopic (exact) mass is 942 g/mol. The van der Waals surface area contributed by atoms with Crippen LogP contribution in [0.2, 0.25) is 0 Å². The topological polar surface area (TPSA) is 201 Å². The zero-order valence-electron chi connectivity index (χ0n) is 38.1. The molecule has 0 spiro atoms. The van der Waals surface area contributed by atoms with Crippen molar-refractivity contribution < 1.29 is 51.4 Å². The molecule has 3 aromatic carbocycles. The third kappa shape index (κ3) is 10.2. The predicted octanol–water partition coefficient (Wildman–Crippen LogP) is 3.81. The van der Waals surface area contributed by atoms with E-state index < -0.39 is 52.0 Å². The van der Waals surface area contributed by atoms with Gasteiger partial charge in [-0.1, -0.05) is 18.2 Å². The Hall–Kier alpha value is -5.60. The molecule has 3 fully saturated rings. The lowest BCUT2D eigenvalue weighted by molar-refractivity contribution is -0.137. The molecule has 0 saturated carbocycles. The van der Waals surface area contributed by atoms with Crippen molar-refractivity contribution in [2.45, 2.75) is 82.2 Å².